The quantitative estimate of drug-likeness (QED) is 0.542. The van der Waals surface area contributed by atoms with E-state index in [1.165, 1.54) is 12.8 Å². The van der Waals surface area contributed by atoms with Crippen LogP contribution in [0.1, 0.15) is 54.4 Å². The third-order valence-electron chi connectivity index (χ3n) is 3.01. The molecule has 0 rings (SSSR count). The lowest BCUT2D eigenvalue weighted by Crippen LogP contribution is -2.06. The Balaban J connectivity index is 4.13. The van der Waals surface area contributed by atoms with Gasteiger partial charge in [0.2, 0.25) is 0 Å². The summed E-state index contributed by atoms with van der Waals surface area (Å²) in [6, 6.07) is 0. The van der Waals surface area contributed by atoms with Crippen molar-refractivity contribution in [1.29, 1.82) is 0 Å². The van der Waals surface area contributed by atoms with Gasteiger partial charge in [0.05, 0.1) is 0 Å². The average molecular weight is 182 g/mol. The third kappa shape index (κ3) is 5.13. The zero-order chi connectivity index (χ0) is 10.4. The zero-order valence-corrected chi connectivity index (χ0v) is 10.2. The largest absolute Gasteiger partial charge is 0.0825 e. The molecule has 0 aliphatic heterocycles. The van der Waals surface area contributed by atoms with Crippen molar-refractivity contribution in [1.82, 2.24) is 0 Å². The predicted molar refractivity (Wildman–Crippen MR) is 61.8 cm³/mol. The molecule has 0 radical (unpaired) electrons. The van der Waals surface area contributed by atoms with E-state index >= 15 is 0 Å². The summed E-state index contributed by atoms with van der Waals surface area (Å²) in [7, 11) is 0. The van der Waals surface area contributed by atoms with Gasteiger partial charge >= 0.3 is 0 Å². The van der Waals surface area contributed by atoms with E-state index in [1.807, 2.05) is 0 Å². The Hall–Kier alpha value is -0.260. The first-order valence-corrected chi connectivity index (χ1v) is 5.67. The Morgan fingerprint density at radius 1 is 1.15 bits per heavy atom. The number of rotatable bonds is 5. The highest BCUT2D eigenvalue weighted by Gasteiger charge is 2.09. The summed E-state index contributed by atoms with van der Waals surface area (Å²) in [5.74, 6) is 2.26. The Kier molecular flexibility index (Phi) is 6.11. The molecule has 0 aliphatic rings. The summed E-state index contributed by atoms with van der Waals surface area (Å²) in [6.45, 7) is 13.8. The van der Waals surface area contributed by atoms with Crippen LogP contribution in [-0.2, 0) is 0 Å². The molecule has 0 N–H and O–H groups in total. The van der Waals surface area contributed by atoms with Gasteiger partial charge in [-0.1, -0.05) is 52.7 Å². The van der Waals surface area contributed by atoms with Gasteiger partial charge in [0.1, 0.15) is 0 Å². The maximum atomic E-state index is 2.45. The molecule has 0 aliphatic carbocycles. The molecule has 0 aromatic carbocycles. The molecule has 0 bridgehead atoms. The molecular formula is C13H26. The van der Waals surface area contributed by atoms with Gasteiger partial charge in [-0.2, -0.15) is 0 Å². The molecule has 0 aromatic heterocycles. The smallest absolute Gasteiger partial charge is 0.0211 e. The molecule has 0 fully saturated rings. The van der Waals surface area contributed by atoms with Crippen molar-refractivity contribution in [3.05, 3.63) is 11.6 Å². The Bertz CT molecular complexity index is 153. The van der Waals surface area contributed by atoms with E-state index < -0.39 is 0 Å². The van der Waals surface area contributed by atoms with Crippen molar-refractivity contribution in [3.8, 4) is 0 Å². The van der Waals surface area contributed by atoms with Crippen molar-refractivity contribution in [3.63, 3.8) is 0 Å². The van der Waals surface area contributed by atoms with E-state index in [0.717, 1.165) is 17.8 Å². The highest BCUT2D eigenvalue weighted by Crippen LogP contribution is 2.21. The summed E-state index contributed by atoms with van der Waals surface area (Å²) in [6.07, 6.45) is 5.07. The van der Waals surface area contributed by atoms with E-state index in [-0.39, 0.29) is 0 Å². The topological polar surface area (TPSA) is 0 Å². The van der Waals surface area contributed by atoms with Crippen LogP contribution in [0.25, 0.3) is 0 Å². The molecule has 0 amide bonds. The lowest BCUT2D eigenvalue weighted by molar-refractivity contribution is 0.473. The fourth-order valence-electron chi connectivity index (χ4n) is 1.67. The minimum absolute atomic E-state index is 0.735. The minimum Gasteiger partial charge on any atom is -0.0825 e. The summed E-state index contributed by atoms with van der Waals surface area (Å²) in [5.41, 5.74) is 1.57. The number of allylic oxidation sites excluding steroid dienone is 2. The maximum absolute atomic E-state index is 2.45. The average Bonchev–Trinajstić information content (AvgIpc) is 2.03. The predicted octanol–water partition coefficient (Wildman–Crippen LogP) is 4.66. The zero-order valence-electron chi connectivity index (χ0n) is 10.2. The van der Waals surface area contributed by atoms with Crippen LogP contribution >= 0.6 is 0 Å². The highest BCUT2D eigenvalue weighted by atomic mass is 14.1. The van der Waals surface area contributed by atoms with Crippen LogP contribution in [0.5, 0.6) is 0 Å². The van der Waals surface area contributed by atoms with Crippen LogP contribution in [0.15, 0.2) is 11.6 Å². The molecule has 13 heavy (non-hydrogen) atoms. The van der Waals surface area contributed by atoms with Crippen molar-refractivity contribution in [2.24, 2.45) is 17.8 Å². The second-order valence-corrected chi connectivity index (χ2v) is 4.71. The molecule has 2 atom stereocenters. The molecule has 0 nitrogen and oxygen atoms in total. The number of hydrogen-bond donors (Lipinski definition) is 0. The minimum atomic E-state index is 0.735. The first-order chi connectivity index (χ1) is 5.99. The Morgan fingerprint density at radius 2 is 1.69 bits per heavy atom. The monoisotopic (exact) mass is 182 g/mol. The fourth-order valence-corrected chi connectivity index (χ4v) is 1.67. The number of hydrogen-bond acceptors (Lipinski definition) is 0. The Labute approximate surface area is 84.4 Å². The maximum Gasteiger partial charge on any atom is -0.0211 e. The van der Waals surface area contributed by atoms with Crippen LogP contribution in [0.4, 0.5) is 0 Å². The highest BCUT2D eigenvalue weighted by molar-refractivity contribution is 5.04. The first-order valence-electron chi connectivity index (χ1n) is 5.67. The molecule has 0 saturated heterocycles. The lowest BCUT2D eigenvalue weighted by Gasteiger charge is -2.18. The van der Waals surface area contributed by atoms with Gasteiger partial charge in [-0.05, 0) is 31.1 Å². The fraction of sp³-hybridized carbons (Fsp3) is 0.846. The van der Waals surface area contributed by atoms with Gasteiger partial charge in [-0.25, -0.2) is 0 Å². The molecule has 0 heterocycles. The normalized spacial score (nSPS) is 17.6. The van der Waals surface area contributed by atoms with Crippen LogP contribution < -0.4 is 0 Å². The van der Waals surface area contributed by atoms with Crippen LogP contribution in [-0.4, -0.2) is 0 Å². The molecule has 0 heteroatoms. The van der Waals surface area contributed by atoms with E-state index in [9.17, 15) is 0 Å². The molecule has 78 valence electrons. The van der Waals surface area contributed by atoms with Gasteiger partial charge in [-0.15, -0.1) is 0 Å². The van der Waals surface area contributed by atoms with Gasteiger partial charge in [0.15, 0.2) is 0 Å². The van der Waals surface area contributed by atoms with Crippen LogP contribution in [0, 0.1) is 17.8 Å². The van der Waals surface area contributed by atoms with Crippen molar-refractivity contribution < 1.29 is 0 Å². The van der Waals surface area contributed by atoms with Gasteiger partial charge in [-0.3, -0.25) is 0 Å². The Morgan fingerprint density at radius 3 is 2.08 bits per heavy atom. The van der Waals surface area contributed by atoms with E-state index in [4.69, 9.17) is 0 Å². The van der Waals surface area contributed by atoms with Crippen LogP contribution in [0.3, 0.4) is 0 Å². The third-order valence-corrected chi connectivity index (χ3v) is 3.01. The summed E-state index contributed by atoms with van der Waals surface area (Å²) in [5, 5.41) is 0. The molecule has 0 saturated carbocycles. The second kappa shape index (κ2) is 6.23. The van der Waals surface area contributed by atoms with Gasteiger partial charge < -0.3 is 0 Å². The molecular weight excluding hydrogens is 156 g/mol. The second-order valence-electron chi connectivity index (χ2n) is 4.71. The van der Waals surface area contributed by atoms with E-state index in [2.05, 4.69) is 47.6 Å². The summed E-state index contributed by atoms with van der Waals surface area (Å²) in [4.78, 5) is 0. The summed E-state index contributed by atoms with van der Waals surface area (Å²) >= 11 is 0. The SMILES string of the molecule is CCCC(C)C=C(C)C(C)C(C)C. The summed E-state index contributed by atoms with van der Waals surface area (Å²) < 4.78 is 0. The standard InChI is InChI=1S/C13H26/c1-7-8-11(4)9-12(5)13(6)10(2)3/h9-11,13H,7-8H2,1-6H3. The molecule has 0 aromatic rings. The van der Waals surface area contributed by atoms with Gasteiger partial charge in [0, 0.05) is 0 Å². The van der Waals surface area contributed by atoms with E-state index in [1.54, 1.807) is 5.57 Å². The molecule has 2 unspecified atom stereocenters. The van der Waals surface area contributed by atoms with Gasteiger partial charge in [0.25, 0.3) is 0 Å². The van der Waals surface area contributed by atoms with Crippen molar-refractivity contribution >= 4 is 0 Å². The van der Waals surface area contributed by atoms with Crippen molar-refractivity contribution in [2.45, 2.75) is 54.4 Å². The first kappa shape index (κ1) is 12.7. The van der Waals surface area contributed by atoms with Crippen molar-refractivity contribution in [2.75, 3.05) is 0 Å². The van der Waals surface area contributed by atoms with E-state index in [0.29, 0.717) is 0 Å². The molecule has 0 spiro atoms. The van der Waals surface area contributed by atoms with Crippen LogP contribution in [0.2, 0.25) is 0 Å². The lowest BCUT2D eigenvalue weighted by atomic mass is 9.88.